The van der Waals surface area contributed by atoms with E-state index in [1.54, 1.807) is 62.8 Å². The highest BCUT2D eigenvalue weighted by molar-refractivity contribution is 6.07. The van der Waals surface area contributed by atoms with Crippen LogP contribution in [0.1, 0.15) is 28.8 Å². The lowest BCUT2D eigenvalue weighted by Crippen LogP contribution is -2.26. The van der Waals surface area contributed by atoms with Crippen LogP contribution in [0.25, 0.3) is 6.08 Å². The molecule has 7 heteroatoms. The van der Waals surface area contributed by atoms with Crippen molar-refractivity contribution in [1.82, 2.24) is 5.32 Å². The van der Waals surface area contributed by atoms with Crippen molar-refractivity contribution in [2.45, 2.75) is 12.8 Å². The van der Waals surface area contributed by atoms with E-state index in [4.69, 9.17) is 14.6 Å². The Bertz CT molecular complexity index is 864. The molecule has 3 N–H and O–H groups in total. The van der Waals surface area contributed by atoms with Gasteiger partial charge in [-0.05, 0) is 48.7 Å². The molecule has 0 spiro atoms. The van der Waals surface area contributed by atoms with Crippen molar-refractivity contribution < 1.29 is 24.2 Å². The Morgan fingerprint density at radius 2 is 1.79 bits per heavy atom. The van der Waals surface area contributed by atoms with Crippen molar-refractivity contribution >= 4 is 23.6 Å². The van der Waals surface area contributed by atoms with Crippen LogP contribution in [0.4, 0.5) is 5.69 Å². The molecular formula is C22H26N2O5. The fourth-order valence-electron chi connectivity index (χ4n) is 2.63. The van der Waals surface area contributed by atoms with Crippen LogP contribution in [-0.2, 0) is 4.79 Å². The summed E-state index contributed by atoms with van der Waals surface area (Å²) in [5.74, 6) is 0.536. The Morgan fingerprint density at radius 3 is 2.52 bits per heavy atom. The van der Waals surface area contributed by atoms with Crippen molar-refractivity contribution in [2.75, 3.05) is 32.7 Å². The van der Waals surface area contributed by atoms with Crippen LogP contribution in [0.15, 0.2) is 48.5 Å². The van der Waals surface area contributed by atoms with Crippen LogP contribution in [0.3, 0.4) is 0 Å². The number of amides is 2. The number of ether oxygens (including phenoxy) is 2. The van der Waals surface area contributed by atoms with E-state index in [9.17, 15) is 9.59 Å². The Balaban J connectivity index is 2.04. The molecule has 0 unspecified atom stereocenters. The average molecular weight is 398 g/mol. The highest BCUT2D eigenvalue weighted by atomic mass is 16.5. The van der Waals surface area contributed by atoms with Crippen molar-refractivity contribution in [1.29, 1.82) is 0 Å². The molecular weight excluding hydrogens is 372 g/mol. The predicted octanol–water partition coefficient (Wildman–Crippen LogP) is 2.86. The molecule has 0 aliphatic rings. The number of hydrogen-bond acceptors (Lipinski definition) is 5. The van der Waals surface area contributed by atoms with Gasteiger partial charge < -0.3 is 25.2 Å². The van der Waals surface area contributed by atoms with Crippen LogP contribution in [-0.4, -0.2) is 44.3 Å². The molecule has 7 nitrogen and oxygen atoms in total. The van der Waals surface area contributed by atoms with E-state index in [0.717, 1.165) is 5.56 Å². The molecule has 29 heavy (non-hydrogen) atoms. The topological polar surface area (TPSA) is 96.9 Å². The predicted molar refractivity (Wildman–Crippen MR) is 112 cm³/mol. The lowest BCUT2D eigenvalue weighted by atomic mass is 10.1. The fraction of sp³-hybridized carbons (Fsp3) is 0.273. The van der Waals surface area contributed by atoms with Gasteiger partial charge in [0, 0.05) is 19.2 Å². The molecule has 2 amide bonds. The maximum absolute atomic E-state index is 12.4. The quantitative estimate of drug-likeness (QED) is 0.422. The van der Waals surface area contributed by atoms with Crippen LogP contribution in [0.5, 0.6) is 11.5 Å². The van der Waals surface area contributed by atoms with Gasteiger partial charge in [-0.15, -0.1) is 0 Å². The summed E-state index contributed by atoms with van der Waals surface area (Å²) in [5, 5.41) is 14.3. The van der Waals surface area contributed by atoms with Crippen LogP contribution >= 0.6 is 0 Å². The average Bonchev–Trinajstić information content (AvgIpc) is 2.75. The maximum Gasteiger partial charge on any atom is 0.253 e. The number of nitrogens with one attached hydrogen (secondary N) is 2. The maximum atomic E-state index is 12.4. The first-order valence-corrected chi connectivity index (χ1v) is 9.28. The van der Waals surface area contributed by atoms with Crippen LogP contribution in [0.2, 0.25) is 0 Å². The Kier molecular flexibility index (Phi) is 8.72. The van der Waals surface area contributed by atoms with Gasteiger partial charge in [0.2, 0.25) is 5.91 Å². The van der Waals surface area contributed by atoms with Crippen molar-refractivity contribution in [3.05, 3.63) is 59.7 Å². The third kappa shape index (κ3) is 6.65. The van der Waals surface area contributed by atoms with Gasteiger partial charge in [0.05, 0.1) is 25.5 Å². The number of anilines is 1. The van der Waals surface area contributed by atoms with Gasteiger partial charge in [0.25, 0.3) is 5.91 Å². The zero-order chi connectivity index (χ0) is 21.1. The van der Waals surface area contributed by atoms with E-state index >= 15 is 0 Å². The minimum Gasteiger partial charge on any atom is -0.493 e. The molecule has 2 aromatic rings. The highest BCUT2D eigenvalue weighted by Crippen LogP contribution is 2.28. The second-order valence-electron chi connectivity index (χ2n) is 6.17. The lowest BCUT2D eigenvalue weighted by molar-refractivity contribution is -0.111. The van der Waals surface area contributed by atoms with E-state index in [1.807, 2.05) is 0 Å². The van der Waals surface area contributed by atoms with Gasteiger partial charge >= 0.3 is 0 Å². The SMILES string of the molecule is COc1ccc(C=CC(=O)Nc2ccccc2C(=O)NCCCCO)cc1OC. The summed E-state index contributed by atoms with van der Waals surface area (Å²) in [4.78, 5) is 24.7. The first-order chi connectivity index (χ1) is 14.1. The molecule has 0 aromatic heterocycles. The van der Waals surface area contributed by atoms with Gasteiger partial charge in [0.15, 0.2) is 11.5 Å². The molecule has 154 valence electrons. The summed E-state index contributed by atoms with van der Waals surface area (Å²) in [6.07, 6.45) is 4.34. The third-order valence-corrected chi connectivity index (χ3v) is 4.13. The fourth-order valence-corrected chi connectivity index (χ4v) is 2.63. The van der Waals surface area contributed by atoms with E-state index in [-0.39, 0.29) is 18.4 Å². The zero-order valence-corrected chi connectivity index (χ0v) is 16.6. The summed E-state index contributed by atoms with van der Waals surface area (Å²) in [6, 6.07) is 12.1. The Labute approximate surface area is 170 Å². The van der Waals surface area contributed by atoms with Crippen LogP contribution < -0.4 is 20.1 Å². The standard InChI is InChI=1S/C22H26N2O5/c1-28-19-11-9-16(15-20(19)29-2)10-12-21(26)24-18-8-4-3-7-17(18)22(27)23-13-5-6-14-25/h3-4,7-12,15,25H,5-6,13-14H2,1-2H3,(H,23,27)(H,24,26). The zero-order valence-electron chi connectivity index (χ0n) is 16.6. The number of aliphatic hydroxyl groups excluding tert-OH is 1. The number of carbonyl (C=O) groups excluding carboxylic acids is 2. The van der Waals surface area contributed by atoms with Crippen molar-refractivity contribution in [3.63, 3.8) is 0 Å². The van der Waals surface area contributed by atoms with E-state index in [0.29, 0.717) is 42.1 Å². The number of unbranched alkanes of at least 4 members (excludes halogenated alkanes) is 1. The molecule has 0 aliphatic carbocycles. The molecule has 2 aromatic carbocycles. The molecule has 0 fully saturated rings. The number of carbonyl (C=O) groups is 2. The summed E-state index contributed by atoms with van der Waals surface area (Å²) in [7, 11) is 3.10. The number of para-hydroxylation sites is 1. The van der Waals surface area contributed by atoms with Crippen molar-refractivity contribution in [3.8, 4) is 11.5 Å². The largest absolute Gasteiger partial charge is 0.493 e. The number of benzene rings is 2. The number of rotatable bonds is 10. The summed E-state index contributed by atoms with van der Waals surface area (Å²) in [5.41, 5.74) is 1.58. The molecule has 0 saturated heterocycles. The molecule has 2 rings (SSSR count). The summed E-state index contributed by atoms with van der Waals surface area (Å²) >= 11 is 0. The number of methoxy groups -OCH3 is 2. The Hall–Kier alpha value is -3.32. The minimum absolute atomic E-state index is 0.0922. The molecule has 0 heterocycles. The summed E-state index contributed by atoms with van der Waals surface area (Å²) < 4.78 is 10.4. The van der Waals surface area contributed by atoms with Gasteiger partial charge in [-0.1, -0.05) is 18.2 Å². The second kappa shape index (κ2) is 11.5. The van der Waals surface area contributed by atoms with E-state index in [1.165, 1.54) is 6.08 Å². The lowest BCUT2D eigenvalue weighted by Gasteiger charge is -2.10. The molecule has 0 aliphatic heterocycles. The normalized spacial score (nSPS) is 10.6. The van der Waals surface area contributed by atoms with E-state index in [2.05, 4.69) is 10.6 Å². The monoisotopic (exact) mass is 398 g/mol. The van der Waals surface area contributed by atoms with E-state index < -0.39 is 0 Å². The molecule has 0 atom stereocenters. The smallest absolute Gasteiger partial charge is 0.253 e. The third-order valence-electron chi connectivity index (χ3n) is 4.13. The second-order valence-corrected chi connectivity index (χ2v) is 6.17. The van der Waals surface area contributed by atoms with Gasteiger partial charge in [-0.2, -0.15) is 0 Å². The summed E-state index contributed by atoms with van der Waals surface area (Å²) in [6.45, 7) is 0.551. The molecule has 0 saturated carbocycles. The van der Waals surface area contributed by atoms with Crippen LogP contribution in [0, 0.1) is 0 Å². The minimum atomic E-state index is -0.361. The van der Waals surface area contributed by atoms with Gasteiger partial charge in [-0.3, -0.25) is 9.59 Å². The van der Waals surface area contributed by atoms with Gasteiger partial charge in [-0.25, -0.2) is 0 Å². The molecule has 0 radical (unpaired) electrons. The molecule has 0 bridgehead atoms. The number of hydrogen-bond donors (Lipinski definition) is 3. The Morgan fingerprint density at radius 1 is 1.03 bits per heavy atom. The van der Waals surface area contributed by atoms with Crippen molar-refractivity contribution in [2.24, 2.45) is 0 Å². The first-order valence-electron chi connectivity index (χ1n) is 9.28. The number of aliphatic hydroxyl groups is 1. The highest BCUT2D eigenvalue weighted by Gasteiger charge is 2.11. The van der Waals surface area contributed by atoms with Gasteiger partial charge in [0.1, 0.15) is 0 Å². The first kappa shape index (κ1) is 22.0.